The van der Waals surface area contributed by atoms with Gasteiger partial charge in [0.25, 0.3) is 0 Å². The monoisotopic (exact) mass is 347 g/mol. The van der Waals surface area contributed by atoms with Gasteiger partial charge in [0.15, 0.2) is 5.60 Å². The SMILES string of the molecule is CN1CC2(CCN(C(=O)C3CCN(Cc4ccco4)CC3)C2)OC1=O. The Hall–Kier alpha value is -2.02. The highest BCUT2D eigenvalue weighted by Crippen LogP contribution is 2.33. The molecule has 3 saturated heterocycles. The summed E-state index contributed by atoms with van der Waals surface area (Å²) in [6, 6.07) is 3.89. The van der Waals surface area contributed by atoms with Crippen molar-refractivity contribution in [3.8, 4) is 0 Å². The first-order valence-electron chi connectivity index (χ1n) is 9.02. The zero-order valence-electron chi connectivity index (χ0n) is 14.6. The summed E-state index contributed by atoms with van der Waals surface area (Å²) in [6.07, 6.45) is 3.92. The summed E-state index contributed by atoms with van der Waals surface area (Å²) in [4.78, 5) is 30.4. The number of nitrogens with zero attached hydrogens (tertiary/aromatic N) is 3. The molecule has 1 aromatic rings. The van der Waals surface area contributed by atoms with E-state index in [0.29, 0.717) is 19.6 Å². The molecule has 3 fully saturated rings. The van der Waals surface area contributed by atoms with Gasteiger partial charge in [0.1, 0.15) is 5.76 Å². The van der Waals surface area contributed by atoms with Crippen molar-refractivity contribution in [1.82, 2.24) is 14.7 Å². The lowest BCUT2D eigenvalue weighted by atomic mass is 9.95. The van der Waals surface area contributed by atoms with E-state index in [4.69, 9.17) is 9.15 Å². The summed E-state index contributed by atoms with van der Waals surface area (Å²) in [5.74, 6) is 1.27. The van der Waals surface area contributed by atoms with E-state index < -0.39 is 5.60 Å². The second kappa shape index (κ2) is 6.37. The van der Waals surface area contributed by atoms with Crippen LogP contribution in [0.3, 0.4) is 0 Å². The highest BCUT2D eigenvalue weighted by molar-refractivity contribution is 5.80. The van der Waals surface area contributed by atoms with Crippen molar-refractivity contribution in [3.05, 3.63) is 24.2 Å². The summed E-state index contributed by atoms with van der Waals surface area (Å²) < 4.78 is 10.9. The molecule has 0 bridgehead atoms. The number of rotatable bonds is 3. The minimum absolute atomic E-state index is 0.0813. The molecule has 0 N–H and O–H groups in total. The van der Waals surface area contributed by atoms with Crippen LogP contribution in [0.2, 0.25) is 0 Å². The molecule has 4 rings (SSSR count). The third-order valence-corrected chi connectivity index (χ3v) is 5.67. The molecule has 0 saturated carbocycles. The average molecular weight is 347 g/mol. The van der Waals surface area contributed by atoms with Gasteiger partial charge in [-0.3, -0.25) is 9.69 Å². The van der Waals surface area contributed by atoms with Gasteiger partial charge in [0, 0.05) is 25.9 Å². The van der Waals surface area contributed by atoms with E-state index in [2.05, 4.69) is 4.90 Å². The molecule has 3 aliphatic rings. The van der Waals surface area contributed by atoms with Gasteiger partial charge >= 0.3 is 6.09 Å². The summed E-state index contributed by atoms with van der Waals surface area (Å²) in [7, 11) is 1.75. The third-order valence-electron chi connectivity index (χ3n) is 5.67. The highest BCUT2D eigenvalue weighted by atomic mass is 16.6. The van der Waals surface area contributed by atoms with E-state index in [1.54, 1.807) is 18.2 Å². The molecule has 1 atom stereocenters. The second-order valence-electron chi connectivity index (χ2n) is 7.55. The molecular weight excluding hydrogens is 322 g/mol. The van der Waals surface area contributed by atoms with Crippen LogP contribution in [0.5, 0.6) is 0 Å². The quantitative estimate of drug-likeness (QED) is 0.830. The van der Waals surface area contributed by atoms with Crippen molar-refractivity contribution in [2.45, 2.75) is 31.4 Å². The number of hydrogen-bond acceptors (Lipinski definition) is 5. The maximum absolute atomic E-state index is 12.9. The van der Waals surface area contributed by atoms with E-state index in [1.807, 2.05) is 17.0 Å². The van der Waals surface area contributed by atoms with E-state index in [0.717, 1.165) is 44.7 Å². The van der Waals surface area contributed by atoms with E-state index in [-0.39, 0.29) is 17.9 Å². The molecule has 0 aliphatic carbocycles. The van der Waals surface area contributed by atoms with Crippen molar-refractivity contribution < 1.29 is 18.7 Å². The van der Waals surface area contributed by atoms with Crippen LogP contribution < -0.4 is 0 Å². The fourth-order valence-corrected chi connectivity index (χ4v) is 4.26. The Kier molecular flexibility index (Phi) is 4.19. The molecule has 4 heterocycles. The molecule has 136 valence electrons. The normalized spacial score (nSPS) is 28.1. The lowest BCUT2D eigenvalue weighted by Crippen LogP contribution is -2.44. The average Bonchev–Trinajstić information content (AvgIpc) is 3.31. The Balaban J connectivity index is 1.29. The topological polar surface area (TPSA) is 66.2 Å². The van der Waals surface area contributed by atoms with Crippen LogP contribution in [-0.4, -0.2) is 72.1 Å². The first kappa shape index (κ1) is 16.4. The Morgan fingerprint density at radius 3 is 2.72 bits per heavy atom. The molecule has 0 radical (unpaired) electrons. The zero-order chi connectivity index (χ0) is 17.4. The number of carbonyl (C=O) groups is 2. The maximum Gasteiger partial charge on any atom is 0.410 e. The van der Waals surface area contributed by atoms with Crippen molar-refractivity contribution in [2.75, 3.05) is 39.8 Å². The van der Waals surface area contributed by atoms with Crippen molar-refractivity contribution in [2.24, 2.45) is 5.92 Å². The number of amides is 2. The van der Waals surface area contributed by atoms with Crippen LogP contribution >= 0.6 is 0 Å². The van der Waals surface area contributed by atoms with Gasteiger partial charge < -0.3 is 19.0 Å². The smallest absolute Gasteiger partial charge is 0.410 e. The number of furan rings is 1. The first-order chi connectivity index (χ1) is 12.0. The van der Waals surface area contributed by atoms with Gasteiger partial charge in [0.05, 0.1) is 25.9 Å². The van der Waals surface area contributed by atoms with Crippen LogP contribution in [-0.2, 0) is 16.1 Å². The predicted molar refractivity (Wildman–Crippen MR) is 89.7 cm³/mol. The number of likely N-dealkylation sites (N-methyl/N-ethyl adjacent to an activating group) is 1. The molecule has 0 aromatic carbocycles. The standard InChI is InChI=1S/C18H25N3O4/c1-19-12-18(25-17(19)23)6-9-21(13-18)16(22)14-4-7-20(8-5-14)11-15-3-2-10-24-15/h2-3,10,14H,4-9,11-13H2,1H3. The number of likely N-dealkylation sites (tertiary alicyclic amines) is 2. The summed E-state index contributed by atoms with van der Waals surface area (Å²) in [5, 5.41) is 0. The molecule has 1 spiro atoms. The number of piperidine rings is 1. The van der Waals surface area contributed by atoms with Gasteiger partial charge in [-0.25, -0.2) is 4.79 Å². The minimum atomic E-state index is -0.485. The zero-order valence-corrected chi connectivity index (χ0v) is 14.6. The highest BCUT2D eigenvalue weighted by Gasteiger charge is 2.50. The predicted octanol–water partition coefficient (Wildman–Crippen LogP) is 1.54. The summed E-state index contributed by atoms with van der Waals surface area (Å²) in [5.41, 5.74) is -0.485. The van der Waals surface area contributed by atoms with Crippen LogP contribution in [0.15, 0.2) is 22.8 Å². The van der Waals surface area contributed by atoms with Crippen LogP contribution in [0.25, 0.3) is 0 Å². The molecule has 2 amide bonds. The molecule has 3 aliphatic heterocycles. The van der Waals surface area contributed by atoms with Gasteiger partial charge in [-0.1, -0.05) is 0 Å². The maximum atomic E-state index is 12.9. The third kappa shape index (κ3) is 3.25. The van der Waals surface area contributed by atoms with Crippen LogP contribution in [0.4, 0.5) is 4.79 Å². The van der Waals surface area contributed by atoms with Gasteiger partial charge in [-0.2, -0.15) is 0 Å². The fraction of sp³-hybridized carbons (Fsp3) is 0.667. The Morgan fingerprint density at radius 2 is 2.08 bits per heavy atom. The molecule has 1 unspecified atom stereocenters. The molecule has 7 heteroatoms. The van der Waals surface area contributed by atoms with E-state index in [1.165, 1.54) is 0 Å². The summed E-state index contributed by atoms with van der Waals surface area (Å²) >= 11 is 0. The molecule has 7 nitrogen and oxygen atoms in total. The number of carbonyl (C=O) groups excluding carboxylic acids is 2. The summed E-state index contributed by atoms with van der Waals surface area (Å²) in [6.45, 7) is 4.43. The molecular formula is C18H25N3O4. The largest absolute Gasteiger partial charge is 0.468 e. The number of hydrogen-bond donors (Lipinski definition) is 0. The Labute approximate surface area is 147 Å². The van der Waals surface area contributed by atoms with Crippen molar-refractivity contribution >= 4 is 12.0 Å². The van der Waals surface area contributed by atoms with E-state index in [9.17, 15) is 9.59 Å². The van der Waals surface area contributed by atoms with E-state index >= 15 is 0 Å². The van der Waals surface area contributed by atoms with Crippen molar-refractivity contribution in [1.29, 1.82) is 0 Å². The van der Waals surface area contributed by atoms with Gasteiger partial charge in [0.2, 0.25) is 5.91 Å². The minimum Gasteiger partial charge on any atom is -0.468 e. The molecule has 1 aromatic heterocycles. The number of ether oxygens (including phenoxy) is 1. The Morgan fingerprint density at radius 1 is 1.28 bits per heavy atom. The second-order valence-corrected chi connectivity index (χ2v) is 7.55. The van der Waals surface area contributed by atoms with Gasteiger partial charge in [-0.05, 0) is 38.1 Å². The lowest BCUT2D eigenvalue weighted by Gasteiger charge is -2.33. The van der Waals surface area contributed by atoms with Crippen LogP contribution in [0, 0.1) is 5.92 Å². The lowest BCUT2D eigenvalue weighted by molar-refractivity contribution is -0.136. The van der Waals surface area contributed by atoms with Crippen LogP contribution in [0.1, 0.15) is 25.0 Å². The Bertz CT molecular complexity index is 639. The fourth-order valence-electron chi connectivity index (χ4n) is 4.26. The molecule has 25 heavy (non-hydrogen) atoms. The van der Waals surface area contributed by atoms with Gasteiger partial charge in [-0.15, -0.1) is 0 Å². The van der Waals surface area contributed by atoms with Crippen molar-refractivity contribution in [3.63, 3.8) is 0 Å². The first-order valence-corrected chi connectivity index (χ1v) is 9.02.